The van der Waals surface area contributed by atoms with Crippen LogP contribution in [0.2, 0.25) is 15.3 Å². The Morgan fingerprint density at radius 2 is 1.75 bits per heavy atom. The molecule has 5 nitrogen and oxygen atoms in total. The molecule has 0 aliphatic heterocycles. The molecule has 0 aliphatic carbocycles. The Bertz CT molecular complexity index is 643. The molecule has 0 atom stereocenters. The van der Waals surface area contributed by atoms with Crippen molar-refractivity contribution in [2.45, 2.75) is 6.92 Å². The Morgan fingerprint density at radius 1 is 1.05 bits per heavy atom. The van der Waals surface area contributed by atoms with Crippen LogP contribution in [-0.2, 0) is 0 Å². The van der Waals surface area contributed by atoms with Crippen LogP contribution in [0.15, 0.2) is 16.6 Å². The number of aromatic nitrogens is 3. The van der Waals surface area contributed by atoms with Gasteiger partial charge in [0.15, 0.2) is 5.75 Å². The first-order chi connectivity index (χ1) is 9.49. The van der Waals surface area contributed by atoms with Crippen molar-refractivity contribution in [3.05, 3.63) is 31.9 Å². The minimum atomic E-state index is -0.0437. The van der Waals surface area contributed by atoms with E-state index < -0.39 is 0 Å². The molecule has 0 amide bonds. The van der Waals surface area contributed by atoms with Crippen molar-refractivity contribution in [2.75, 3.05) is 6.61 Å². The number of rotatable bonds is 4. The lowest BCUT2D eigenvalue weighted by molar-refractivity contribution is 0.303. The molecule has 0 aliphatic rings. The fourth-order valence-corrected chi connectivity index (χ4v) is 2.21. The first kappa shape index (κ1) is 15.6. The lowest BCUT2D eigenvalue weighted by Gasteiger charge is -2.08. The first-order valence-electron chi connectivity index (χ1n) is 5.36. The van der Waals surface area contributed by atoms with E-state index in [1.165, 1.54) is 6.07 Å². The van der Waals surface area contributed by atoms with Gasteiger partial charge in [-0.3, -0.25) is 0 Å². The Morgan fingerprint density at radius 3 is 2.45 bits per heavy atom. The summed E-state index contributed by atoms with van der Waals surface area (Å²) in [5, 5.41) is 0.739. The van der Waals surface area contributed by atoms with Crippen LogP contribution in [0.4, 0.5) is 0 Å². The van der Waals surface area contributed by atoms with E-state index in [-0.39, 0.29) is 17.3 Å². The lowest BCUT2D eigenvalue weighted by Crippen LogP contribution is -2.01. The van der Waals surface area contributed by atoms with E-state index in [4.69, 9.17) is 44.3 Å². The van der Waals surface area contributed by atoms with Gasteiger partial charge >= 0.3 is 12.0 Å². The number of nitrogens with zero attached hydrogens (tertiary/aromatic N) is 3. The largest absolute Gasteiger partial charge is 0.464 e. The summed E-state index contributed by atoms with van der Waals surface area (Å²) < 4.78 is 11.2. The molecule has 0 saturated carbocycles. The van der Waals surface area contributed by atoms with Crippen LogP contribution in [0.3, 0.4) is 0 Å². The minimum Gasteiger partial charge on any atom is -0.464 e. The van der Waals surface area contributed by atoms with Gasteiger partial charge in [-0.05, 0) is 40.5 Å². The summed E-state index contributed by atoms with van der Waals surface area (Å²) in [6.07, 6.45) is 0. The maximum atomic E-state index is 6.04. The predicted molar refractivity (Wildman–Crippen MR) is 80.2 cm³/mol. The van der Waals surface area contributed by atoms with Crippen LogP contribution in [0.5, 0.6) is 17.8 Å². The van der Waals surface area contributed by atoms with Crippen LogP contribution in [-0.4, -0.2) is 21.6 Å². The Balaban J connectivity index is 2.32. The molecule has 106 valence electrons. The molecule has 9 heteroatoms. The summed E-state index contributed by atoms with van der Waals surface area (Å²) in [6.45, 7) is 2.19. The number of halogens is 4. The second kappa shape index (κ2) is 6.76. The summed E-state index contributed by atoms with van der Waals surface area (Å²) in [6, 6.07) is 3.17. The molecule has 1 heterocycles. The fourth-order valence-electron chi connectivity index (χ4n) is 1.23. The van der Waals surface area contributed by atoms with E-state index >= 15 is 0 Å². The summed E-state index contributed by atoms with van der Waals surface area (Å²) in [7, 11) is 0. The first-order valence-corrected chi connectivity index (χ1v) is 7.29. The van der Waals surface area contributed by atoms with Gasteiger partial charge in [-0.2, -0.15) is 9.97 Å². The lowest BCUT2D eigenvalue weighted by atomic mass is 10.3. The summed E-state index contributed by atoms with van der Waals surface area (Å²) in [5.74, 6) is 0.296. The van der Waals surface area contributed by atoms with Gasteiger partial charge in [0, 0.05) is 10.5 Å². The molecule has 2 aromatic rings. The smallest absolute Gasteiger partial charge is 0.329 e. The number of hydrogen-bond acceptors (Lipinski definition) is 5. The van der Waals surface area contributed by atoms with Gasteiger partial charge in [0.05, 0.1) is 16.7 Å². The molecule has 2 rings (SSSR count). The van der Waals surface area contributed by atoms with Crippen molar-refractivity contribution in [1.82, 2.24) is 15.0 Å². The quantitative estimate of drug-likeness (QED) is 0.692. The Kier molecular flexibility index (Phi) is 5.26. The molecule has 0 saturated heterocycles. The zero-order valence-electron chi connectivity index (χ0n) is 10.0. The van der Waals surface area contributed by atoms with E-state index in [1.54, 1.807) is 13.0 Å². The molecule has 0 fully saturated rings. The molecule has 20 heavy (non-hydrogen) atoms. The van der Waals surface area contributed by atoms with Gasteiger partial charge in [0.2, 0.25) is 5.28 Å². The highest BCUT2D eigenvalue weighted by Crippen LogP contribution is 2.36. The van der Waals surface area contributed by atoms with Crippen LogP contribution in [0.1, 0.15) is 6.92 Å². The van der Waals surface area contributed by atoms with E-state index in [1.807, 2.05) is 0 Å². The molecular formula is C11H7BrCl3N3O2. The number of ether oxygens (including phenoxy) is 2. The van der Waals surface area contributed by atoms with Crippen molar-refractivity contribution in [2.24, 2.45) is 0 Å². The number of benzene rings is 1. The Labute approximate surface area is 138 Å². The zero-order valence-corrected chi connectivity index (χ0v) is 13.9. The average Bonchev–Trinajstić information content (AvgIpc) is 2.35. The van der Waals surface area contributed by atoms with E-state index in [0.29, 0.717) is 26.9 Å². The van der Waals surface area contributed by atoms with Crippen molar-refractivity contribution in [1.29, 1.82) is 0 Å². The van der Waals surface area contributed by atoms with Gasteiger partial charge in [-0.15, -0.1) is 4.98 Å². The third kappa shape index (κ3) is 3.85. The fraction of sp³-hybridized carbons (Fsp3) is 0.182. The molecule has 0 spiro atoms. The van der Waals surface area contributed by atoms with Crippen molar-refractivity contribution >= 4 is 50.7 Å². The topological polar surface area (TPSA) is 57.1 Å². The molecule has 0 radical (unpaired) electrons. The SMILES string of the molecule is CCOc1nc(Cl)nc(Oc2cc(Cl)c(Br)cc2Cl)n1. The van der Waals surface area contributed by atoms with Gasteiger partial charge in [0.1, 0.15) is 0 Å². The summed E-state index contributed by atoms with van der Waals surface area (Å²) in [5.41, 5.74) is 0. The van der Waals surface area contributed by atoms with Crippen LogP contribution in [0, 0.1) is 0 Å². The van der Waals surface area contributed by atoms with Gasteiger partial charge < -0.3 is 9.47 Å². The molecule has 1 aromatic carbocycles. The van der Waals surface area contributed by atoms with Crippen molar-refractivity contribution < 1.29 is 9.47 Å². The standard InChI is InChI=1S/C11H7BrCl3N3O2/c1-2-19-10-16-9(15)17-11(18-10)20-8-4-6(13)5(12)3-7(8)14/h3-4H,2H2,1H3. The highest BCUT2D eigenvalue weighted by atomic mass is 79.9. The summed E-state index contributed by atoms with van der Waals surface area (Å²) in [4.78, 5) is 11.6. The van der Waals surface area contributed by atoms with Gasteiger partial charge in [-0.1, -0.05) is 23.2 Å². The second-order valence-corrected chi connectivity index (χ2v) is 5.41. The second-order valence-electron chi connectivity index (χ2n) is 3.40. The zero-order chi connectivity index (χ0) is 14.7. The highest BCUT2D eigenvalue weighted by Gasteiger charge is 2.12. The highest BCUT2D eigenvalue weighted by molar-refractivity contribution is 9.10. The summed E-state index contributed by atoms with van der Waals surface area (Å²) >= 11 is 21.0. The van der Waals surface area contributed by atoms with E-state index in [0.717, 1.165) is 0 Å². The normalized spacial score (nSPS) is 10.4. The van der Waals surface area contributed by atoms with Crippen LogP contribution >= 0.6 is 50.7 Å². The van der Waals surface area contributed by atoms with E-state index in [2.05, 4.69) is 30.9 Å². The van der Waals surface area contributed by atoms with Gasteiger partial charge in [0.25, 0.3) is 0 Å². The molecule has 0 N–H and O–H groups in total. The monoisotopic (exact) mass is 397 g/mol. The average molecular weight is 399 g/mol. The van der Waals surface area contributed by atoms with Crippen molar-refractivity contribution in [3.63, 3.8) is 0 Å². The molecule has 1 aromatic heterocycles. The molecular weight excluding hydrogens is 392 g/mol. The van der Waals surface area contributed by atoms with Crippen LogP contribution < -0.4 is 9.47 Å². The predicted octanol–water partition coefficient (Wildman–Crippen LogP) is 4.79. The minimum absolute atomic E-state index is 0.0336. The Hall–Kier alpha value is -0.820. The third-order valence-electron chi connectivity index (χ3n) is 2.02. The van der Waals surface area contributed by atoms with E-state index in [9.17, 15) is 0 Å². The van der Waals surface area contributed by atoms with Crippen LogP contribution in [0.25, 0.3) is 0 Å². The maximum Gasteiger partial charge on any atom is 0.329 e. The van der Waals surface area contributed by atoms with Gasteiger partial charge in [-0.25, -0.2) is 0 Å². The third-order valence-corrected chi connectivity index (χ3v) is 3.68. The maximum absolute atomic E-state index is 6.04. The number of hydrogen-bond donors (Lipinski definition) is 0. The molecule has 0 unspecified atom stereocenters. The molecule has 0 bridgehead atoms. The van der Waals surface area contributed by atoms with Crippen molar-refractivity contribution in [3.8, 4) is 17.8 Å².